The van der Waals surface area contributed by atoms with Gasteiger partial charge in [0.25, 0.3) is 0 Å². The molecular formula is C18H18N4O2S. The number of ether oxygens (including phenoxy) is 1. The highest BCUT2D eigenvalue weighted by Gasteiger charge is 2.24. The van der Waals surface area contributed by atoms with Crippen molar-refractivity contribution in [2.75, 3.05) is 6.26 Å². The molecule has 1 atom stereocenters. The molecule has 0 aliphatic heterocycles. The number of thioether (sulfide) groups is 1. The number of tetrazole rings is 1. The topological polar surface area (TPSA) is 69.9 Å². The summed E-state index contributed by atoms with van der Waals surface area (Å²) in [5, 5.41) is 11.1. The second-order valence-electron chi connectivity index (χ2n) is 5.45. The first-order valence-electron chi connectivity index (χ1n) is 7.82. The summed E-state index contributed by atoms with van der Waals surface area (Å²) in [5.41, 5.74) is 1.96. The van der Waals surface area contributed by atoms with Crippen LogP contribution in [0.25, 0.3) is 0 Å². The minimum Gasteiger partial charge on any atom is -0.459 e. The zero-order valence-corrected chi connectivity index (χ0v) is 14.6. The van der Waals surface area contributed by atoms with Crippen molar-refractivity contribution in [2.45, 2.75) is 24.0 Å². The Hall–Kier alpha value is -2.67. The van der Waals surface area contributed by atoms with Crippen LogP contribution in [-0.4, -0.2) is 32.4 Å². The summed E-state index contributed by atoms with van der Waals surface area (Å²) in [6.45, 7) is 0.223. The van der Waals surface area contributed by atoms with Gasteiger partial charge < -0.3 is 4.74 Å². The van der Waals surface area contributed by atoms with Crippen molar-refractivity contribution >= 4 is 17.7 Å². The van der Waals surface area contributed by atoms with Crippen LogP contribution >= 0.6 is 11.8 Å². The second kappa shape index (κ2) is 8.43. The predicted octanol–water partition coefficient (Wildman–Crippen LogP) is 2.92. The lowest BCUT2D eigenvalue weighted by Crippen LogP contribution is -2.24. The van der Waals surface area contributed by atoms with Crippen LogP contribution in [0.3, 0.4) is 0 Å². The Morgan fingerprint density at radius 1 is 1.12 bits per heavy atom. The fourth-order valence-electron chi connectivity index (χ4n) is 2.41. The van der Waals surface area contributed by atoms with Gasteiger partial charge in [-0.25, -0.2) is 9.48 Å². The Kier molecular flexibility index (Phi) is 5.79. The molecule has 0 bridgehead atoms. The van der Waals surface area contributed by atoms with Crippen LogP contribution in [0.4, 0.5) is 0 Å². The van der Waals surface area contributed by atoms with Gasteiger partial charge in [0, 0.05) is 11.3 Å². The molecule has 128 valence electrons. The number of aromatic nitrogens is 4. The molecule has 6 nitrogen and oxygen atoms in total. The SMILES string of the molecule is CSc1ccc(COC(=O)[C@H](Cc2ccccc2)n2cnnn2)cc1. The summed E-state index contributed by atoms with van der Waals surface area (Å²) in [7, 11) is 0. The van der Waals surface area contributed by atoms with E-state index in [4.69, 9.17) is 4.74 Å². The minimum atomic E-state index is -0.595. The van der Waals surface area contributed by atoms with Crippen molar-refractivity contribution in [1.82, 2.24) is 20.2 Å². The quantitative estimate of drug-likeness (QED) is 0.480. The first kappa shape index (κ1) is 17.2. The maximum atomic E-state index is 12.6. The van der Waals surface area contributed by atoms with Gasteiger partial charge in [0.1, 0.15) is 12.9 Å². The molecule has 3 aromatic rings. The highest BCUT2D eigenvalue weighted by molar-refractivity contribution is 7.98. The number of rotatable bonds is 7. The molecule has 1 heterocycles. The summed E-state index contributed by atoms with van der Waals surface area (Å²) >= 11 is 1.67. The van der Waals surface area contributed by atoms with E-state index in [-0.39, 0.29) is 12.6 Å². The normalized spacial score (nSPS) is 11.9. The molecule has 1 aromatic heterocycles. The smallest absolute Gasteiger partial charge is 0.331 e. The van der Waals surface area contributed by atoms with Gasteiger partial charge in [-0.1, -0.05) is 42.5 Å². The number of nitrogens with zero attached hydrogens (tertiary/aromatic N) is 4. The van der Waals surface area contributed by atoms with E-state index in [0.29, 0.717) is 6.42 Å². The zero-order chi connectivity index (χ0) is 17.5. The monoisotopic (exact) mass is 354 g/mol. The van der Waals surface area contributed by atoms with Crippen LogP contribution in [0.1, 0.15) is 17.2 Å². The van der Waals surface area contributed by atoms with Crippen molar-refractivity contribution in [3.63, 3.8) is 0 Å². The van der Waals surface area contributed by atoms with E-state index in [2.05, 4.69) is 15.5 Å². The molecule has 0 N–H and O–H groups in total. The molecule has 0 amide bonds. The molecule has 0 spiro atoms. The van der Waals surface area contributed by atoms with Crippen LogP contribution in [0, 0.1) is 0 Å². The van der Waals surface area contributed by atoms with Gasteiger partial charge in [-0.2, -0.15) is 0 Å². The van der Waals surface area contributed by atoms with Gasteiger partial charge >= 0.3 is 5.97 Å². The van der Waals surface area contributed by atoms with Gasteiger partial charge in [-0.05, 0) is 39.9 Å². The molecular weight excluding hydrogens is 336 g/mol. The van der Waals surface area contributed by atoms with E-state index in [9.17, 15) is 4.79 Å². The van der Waals surface area contributed by atoms with E-state index >= 15 is 0 Å². The van der Waals surface area contributed by atoms with Crippen molar-refractivity contribution in [3.8, 4) is 0 Å². The average Bonchev–Trinajstić information content (AvgIpc) is 3.20. The molecule has 25 heavy (non-hydrogen) atoms. The van der Waals surface area contributed by atoms with Crippen molar-refractivity contribution in [2.24, 2.45) is 0 Å². The van der Waals surface area contributed by atoms with Crippen molar-refractivity contribution < 1.29 is 9.53 Å². The van der Waals surface area contributed by atoms with Gasteiger partial charge in [-0.15, -0.1) is 16.9 Å². The number of esters is 1. The number of carbonyl (C=O) groups is 1. The number of hydrogen-bond acceptors (Lipinski definition) is 6. The average molecular weight is 354 g/mol. The minimum absolute atomic E-state index is 0.223. The lowest BCUT2D eigenvalue weighted by molar-refractivity contribution is -0.149. The maximum Gasteiger partial charge on any atom is 0.331 e. The summed E-state index contributed by atoms with van der Waals surface area (Å²) < 4.78 is 6.93. The van der Waals surface area contributed by atoms with E-state index < -0.39 is 6.04 Å². The molecule has 3 rings (SSSR count). The van der Waals surface area contributed by atoms with Crippen molar-refractivity contribution in [3.05, 3.63) is 72.1 Å². The lowest BCUT2D eigenvalue weighted by Gasteiger charge is -2.15. The third-order valence-electron chi connectivity index (χ3n) is 3.77. The Morgan fingerprint density at radius 3 is 2.52 bits per heavy atom. The summed E-state index contributed by atoms with van der Waals surface area (Å²) in [4.78, 5) is 13.8. The van der Waals surface area contributed by atoms with Crippen LogP contribution in [0.5, 0.6) is 0 Å². The third-order valence-corrected chi connectivity index (χ3v) is 4.51. The molecule has 7 heteroatoms. The predicted molar refractivity (Wildman–Crippen MR) is 95.0 cm³/mol. The first-order chi connectivity index (χ1) is 12.3. The van der Waals surface area contributed by atoms with E-state index in [1.54, 1.807) is 11.8 Å². The van der Waals surface area contributed by atoms with Gasteiger partial charge in [-0.3, -0.25) is 0 Å². The van der Waals surface area contributed by atoms with Crippen LogP contribution < -0.4 is 0 Å². The van der Waals surface area contributed by atoms with Crippen LogP contribution in [0.2, 0.25) is 0 Å². The highest BCUT2D eigenvalue weighted by Crippen LogP contribution is 2.18. The zero-order valence-electron chi connectivity index (χ0n) is 13.8. The largest absolute Gasteiger partial charge is 0.459 e. The molecule has 0 aliphatic carbocycles. The summed E-state index contributed by atoms with van der Waals surface area (Å²) in [6, 6.07) is 17.1. The number of carbonyl (C=O) groups excluding carboxylic acids is 1. The molecule has 0 saturated heterocycles. The molecule has 0 aliphatic rings. The Bertz CT molecular complexity index is 792. The van der Waals surface area contributed by atoms with Crippen LogP contribution in [0.15, 0.2) is 65.8 Å². The standard InChI is InChI=1S/C18H18N4O2S/c1-25-16-9-7-15(8-10-16)12-24-18(23)17(22-13-19-20-21-22)11-14-5-3-2-4-6-14/h2-10,13,17H,11-12H2,1H3/t17-/m0/s1. The van der Waals surface area contributed by atoms with Gasteiger partial charge in [0.2, 0.25) is 0 Å². The Labute approximate surface area is 150 Å². The van der Waals surface area contributed by atoms with Crippen LogP contribution in [-0.2, 0) is 22.6 Å². The van der Waals surface area contributed by atoms with Gasteiger partial charge in [0.15, 0.2) is 6.04 Å². The van der Waals surface area contributed by atoms with E-state index in [1.807, 2.05) is 60.9 Å². The van der Waals surface area contributed by atoms with E-state index in [0.717, 1.165) is 11.1 Å². The highest BCUT2D eigenvalue weighted by atomic mass is 32.2. The fraction of sp³-hybridized carbons (Fsp3) is 0.222. The molecule has 0 unspecified atom stereocenters. The fourth-order valence-corrected chi connectivity index (χ4v) is 2.81. The molecule has 2 aromatic carbocycles. The summed E-state index contributed by atoms with van der Waals surface area (Å²) in [6.07, 6.45) is 3.92. The second-order valence-corrected chi connectivity index (χ2v) is 6.33. The Morgan fingerprint density at radius 2 is 1.88 bits per heavy atom. The Balaban J connectivity index is 1.68. The van der Waals surface area contributed by atoms with Gasteiger partial charge in [0.05, 0.1) is 0 Å². The molecule has 0 saturated carbocycles. The lowest BCUT2D eigenvalue weighted by atomic mass is 10.1. The van der Waals surface area contributed by atoms with E-state index in [1.165, 1.54) is 15.9 Å². The number of benzene rings is 2. The van der Waals surface area contributed by atoms with Crippen molar-refractivity contribution in [1.29, 1.82) is 0 Å². The molecule has 0 fully saturated rings. The first-order valence-corrected chi connectivity index (χ1v) is 9.04. The molecule has 0 radical (unpaired) electrons. The maximum absolute atomic E-state index is 12.6. The number of hydrogen-bond donors (Lipinski definition) is 0. The third kappa shape index (κ3) is 4.67. The summed E-state index contributed by atoms with van der Waals surface area (Å²) in [5.74, 6) is -0.356.